The van der Waals surface area contributed by atoms with Crippen molar-refractivity contribution >= 4 is 5.91 Å². The van der Waals surface area contributed by atoms with Crippen molar-refractivity contribution in [2.75, 3.05) is 13.1 Å². The number of aryl methyl sites for hydroxylation is 1. The summed E-state index contributed by atoms with van der Waals surface area (Å²) in [6.45, 7) is 1.97. The maximum Gasteiger partial charge on any atom is 0.220 e. The van der Waals surface area contributed by atoms with Crippen molar-refractivity contribution in [1.29, 1.82) is 0 Å². The zero-order valence-electron chi connectivity index (χ0n) is 19.3. The maximum atomic E-state index is 12.9. The lowest BCUT2D eigenvalue weighted by Gasteiger charge is -2.64. The molecular formula is C27H32N2O5. The van der Waals surface area contributed by atoms with Crippen LogP contribution in [-0.2, 0) is 23.1 Å². The smallest absolute Gasteiger partial charge is 0.220 e. The topological polar surface area (TPSA) is 95.2 Å². The molecule has 1 aromatic heterocycles. The number of aromatic hydroxyl groups is 1. The van der Waals surface area contributed by atoms with Crippen LogP contribution in [0.4, 0.5) is 0 Å². The number of benzene rings is 1. The molecule has 7 nitrogen and oxygen atoms in total. The van der Waals surface area contributed by atoms with E-state index in [1.54, 1.807) is 12.3 Å². The number of aliphatic hydroxyl groups is 1. The fourth-order valence-corrected chi connectivity index (χ4v) is 7.60. The number of rotatable bonds is 6. The Morgan fingerprint density at radius 1 is 1.21 bits per heavy atom. The van der Waals surface area contributed by atoms with Crippen LogP contribution in [0.15, 0.2) is 34.9 Å². The third kappa shape index (κ3) is 2.80. The second-order valence-electron chi connectivity index (χ2n) is 11.1. The van der Waals surface area contributed by atoms with Crippen LogP contribution in [0.25, 0.3) is 0 Å². The third-order valence-corrected chi connectivity index (χ3v) is 9.29. The summed E-state index contributed by atoms with van der Waals surface area (Å²) in [4.78, 5) is 15.4. The number of carbonyl (C=O) groups excluding carboxylic acids is 1. The van der Waals surface area contributed by atoms with Crippen molar-refractivity contribution in [3.63, 3.8) is 0 Å². The van der Waals surface area contributed by atoms with E-state index < -0.39 is 11.0 Å². The van der Waals surface area contributed by atoms with Gasteiger partial charge in [0.05, 0.1) is 23.3 Å². The average molecular weight is 465 g/mol. The van der Waals surface area contributed by atoms with Crippen LogP contribution in [-0.4, -0.2) is 57.9 Å². The minimum atomic E-state index is -0.924. The Labute approximate surface area is 199 Å². The quantitative estimate of drug-likeness (QED) is 0.609. The molecule has 0 radical (unpaired) electrons. The van der Waals surface area contributed by atoms with E-state index in [-0.39, 0.29) is 29.8 Å². The molecule has 2 aromatic rings. The Bertz CT molecular complexity index is 1130. The zero-order valence-corrected chi connectivity index (χ0v) is 19.3. The van der Waals surface area contributed by atoms with Gasteiger partial charge in [-0.25, -0.2) is 0 Å². The number of nitrogens with one attached hydrogen (secondary N) is 1. The third-order valence-electron chi connectivity index (χ3n) is 9.29. The van der Waals surface area contributed by atoms with Gasteiger partial charge in [-0.3, -0.25) is 9.69 Å². The second kappa shape index (κ2) is 7.25. The Morgan fingerprint density at radius 2 is 2.09 bits per heavy atom. The van der Waals surface area contributed by atoms with Crippen molar-refractivity contribution in [1.82, 2.24) is 10.2 Å². The zero-order chi connectivity index (χ0) is 23.1. The van der Waals surface area contributed by atoms with Crippen molar-refractivity contribution in [2.24, 2.45) is 5.92 Å². The molecule has 34 heavy (non-hydrogen) atoms. The summed E-state index contributed by atoms with van der Waals surface area (Å²) < 4.78 is 11.9. The number of phenolic OH excluding ortho intramolecular Hbond substituents is 1. The van der Waals surface area contributed by atoms with E-state index in [1.807, 2.05) is 18.2 Å². The first-order valence-electron chi connectivity index (χ1n) is 12.8. The van der Waals surface area contributed by atoms with Crippen molar-refractivity contribution < 1.29 is 24.2 Å². The number of phenols is 1. The first kappa shape index (κ1) is 20.8. The maximum absolute atomic E-state index is 12.9. The van der Waals surface area contributed by atoms with Crippen LogP contribution in [0.1, 0.15) is 55.4 Å². The fourth-order valence-electron chi connectivity index (χ4n) is 7.60. The monoisotopic (exact) mass is 464 g/mol. The number of ether oxygens (including phenoxy) is 1. The SMILES string of the molecule is O=C(CCc1ccco1)N[C@@H]1CC[C@@]2(O)[C@H]3Cc4ccc(O)c5c4[C@@]2(CCN3CC2CC2)[C@H]1O5. The summed E-state index contributed by atoms with van der Waals surface area (Å²) in [5.41, 5.74) is 0.648. The molecule has 1 spiro atoms. The number of furan rings is 1. The number of nitrogens with zero attached hydrogens (tertiary/aromatic N) is 1. The van der Waals surface area contributed by atoms with E-state index in [2.05, 4.69) is 10.2 Å². The molecule has 3 fully saturated rings. The molecule has 5 aliphatic rings. The number of piperidine rings is 1. The van der Waals surface area contributed by atoms with Gasteiger partial charge in [0, 0.05) is 31.0 Å². The first-order valence-corrected chi connectivity index (χ1v) is 12.8. The van der Waals surface area contributed by atoms with Crippen LogP contribution in [0.3, 0.4) is 0 Å². The van der Waals surface area contributed by atoms with Gasteiger partial charge in [-0.1, -0.05) is 6.07 Å². The standard InChI is InChI=1S/C27H32N2O5/c30-20-7-5-17-14-21-27(32)10-9-19(28-22(31)8-6-18-2-1-13-33-18)25-26(27,23(17)24(20)34-25)11-12-29(21)15-16-3-4-16/h1-2,5,7,13,16,19,21,25,30,32H,3-4,6,8-12,14-15H2,(H,28,31)/t19-,21-,25+,26+,27-/m1/s1. The molecule has 2 bridgehead atoms. The molecule has 3 N–H and O–H groups in total. The number of hydrogen-bond acceptors (Lipinski definition) is 6. The van der Waals surface area contributed by atoms with Gasteiger partial charge in [0.2, 0.25) is 5.91 Å². The van der Waals surface area contributed by atoms with Gasteiger partial charge in [-0.05, 0) is 74.8 Å². The van der Waals surface area contributed by atoms with Crippen LogP contribution < -0.4 is 10.1 Å². The molecule has 2 aliphatic heterocycles. The van der Waals surface area contributed by atoms with Crippen LogP contribution in [0.2, 0.25) is 0 Å². The Balaban J connectivity index is 1.22. The predicted molar refractivity (Wildman–Crippen MR) is 124 cm³/mol. The molecule has 7 rings (SSSR count). The molecular weight excluding hydrogens is 432 g/mol. The first-order chi connectivity index (χ1) is 16.5. The summed E-state index contributed by atoms with van der Waals surface area (Å²) in [5.74, 6) is 2.17. The van der Waals surface area contributed by atoms with Gasteiger partial charge >= 0.3 is 0 Å². The lowest BCUT2D eigenvalue weighted by molar-refractivity contribution is -0.192. The van der Waals surface area contributed by atoms with Crippen LogP contribution in [0, 0.1) is 5.92 Å². The summed E-state index contributed by atoms with van der Waals surface area (Å²) in [6, 6.07) is 7.29. The molecule has 1 saturated heterocycles. The summed E-state index contributed by atoms with van der Waals surface area (Å²) in [6.07, 6.45) is 7.56. The molecule has 3 heterocycles. The van der Waals surface area contributed by atoms with Gasteiger partial charge in [0.25, 0.3) is 0 Å². The van der Waals surface area contributed by atoms with E-state index in [1.165, 1.54) is 18.4 Å². The highest BCUT2D eigenvalue weighted by Gasteiger charge is 2.73. The van der Waals surface area contributed by atoms with Gasteiger partial charge in [0.1, 0.15) is 11.9 Å². The van der Waals surface area contributed by atoms with E-state index in [9.17, 15) is 15.0 Å². The molecule has 2 saturated carbocycles. The molecule has 1 aromatic carbocycles. The average Bonchev–Trinajstić information content (AvgIpc) is 3.33. The molecule has 3 aliphatic carbocycles. The van der Waals surface area contributed by atoms with E-state index in [0.29, 0.717) is 31.4 Å². The van der Waals surface area contributed by atoms with E-state index >= 15 is 0 Å². The van der Waals surface area contributed by atoms with Gasteiger partial charge in [-0.2, -0.15) is 0 Å². The van der Waals surface area contributed by atoms with Crippen LogP contribution in [0.5, 0.6) is 11.5 Å². The molecule has 1 amide bonds. The predicted octanol–water partition coefficient (Wildman–Crippen LogP) is 2.67. The number of amides is 1. The Hall–Kier alpha value is -2.51. The highest BCUT2D eigenvalue weighted by atomic mass is 16.5. The molecule has 7 heteroatoms. The van der Waals surface area contributed by atoms with Crippen molar-refractivity contribution in [2.45, 2.75) is 80.6 Å². The van der Waals surface area contributed by atoms with Gasteiger partial charge < -0.3 is 24.7 Å². The minimum absolute atomic E-state index is 0.0363. The fraction of sp³-hybridized carbons (Fsp3) is 0.593. The summed E-state index contributed by atoms with van der Waals surface area (Å²) in [7, 11) is 0. The lowest BCUT2D eigenvalue weighted by atomic mass is 9.48. The van der Waals surface area contributed by atoms with E-state index in [4.69, 9.17) is 9.15 Å². The van der Waals surface area contributed by atoms with Crippen LogP contribution >= 0.6 is 0 Å². The minimum Gasteiger partial charge on any atom is -0.504 e. The van der Waals surface area contributed by atoms with Crippen molar-refractivity contribution in [3.05, 3.63) is 47.4 Å². The molecule has 0 unspecified atom stereocenters. The van der Waals surface area contributed by atoms with E-state index in [0.717, 1.165) is 43.2 Å². The number of likely N-dealkylation sites (tertiary alicyclic amines) is 1. The number of carbonyl (C=O) groups is 1. The summed E-state index contributed by atoms with van der Waals surface area (Å²) in [5, 5.41) is 26.4. The summed E-state index contributed by atoms with van der Waals surface area (Å²) >= 11 is 0. The van der Waals surface area contributed by atoms with Gasteiger partial charge in [0.15, 0.2) is 11.5 Å². The highest BCUT2D eigenvalue weighted by Crippen LogP contribution is 2.65. The van der Waals surface area contributed by atoms with Gasteiger partial charge in [-0.15, -0.1) is 0 Å². The molecule has 5 atom stereocenters. The Kier molecular flexibility index (Phi) is 4.44. The molecule has 180 valence electrons. The highest BCUT2D eigenvalue weighted by molar-refractivity contribution is 5.77. The normalized spacial score (nSPS) is 35.5. The lowest BCUT2D eigenvalue weighted by Crippen LogP contribution is -2.78. The number of hydrogen-bond donors (Lipinski definition) is 3. The Morgan fingerprint density at radius 3 is 2.88 bits per heavy atom. The second-order valence-corrected chi connectivity index (χ2v) is 11.1. The van der Waals surface area contributed by atoms with Crippen molar-refractivity contribution in [3.8, 4) is 11.5 Å². The largest absolute Gasteiger partial charge is 0.504 e.